The zero-order chi connectivity index (χ0) is 23.6. The van der Waals surface area contributed by atoms with Gasteiger partial charge in [-0.25, -0.2) is 0 Å². The Hall–Kier alpha value is -2.76. The third-order valence-electron chi connectivity index (χ3n) is 5.67. The summed E-state index contributed by atoms with van der Waals surface area (Å²) in [5, 5.41) is 51.3. The molecule has 2 aliphatic rings. The lowest BCUT2D eigenvalue weighted by molar-refractivity contribution is -0.277. The van der Waals surface area contributed by atoms with Crippen LogP contribution in [0.25, 0.3) is 5.57 Å². The van der Waals surface area contributed by atoms with Gasteiger partial charge in [-0.3, -0.25) is 9.59 Å². The molecule has 0 aromatic heterocycles. The number of amides is 1. The largest absolute Gasteiger partial charge is 0.481 e. The number of aliphatic carboxylic acids is 1. The molecular weight excluding hydrogens is 422 g/mol. The van der Waals surface area contributed by atoms with Gasteiger partial charge in [0.05, 0.1) is 12.0 Å². The van der Waals surface area contributed by atoms with E-state index in [1.165, 1.54) is 13.1 Å². The smallest absolute Gasteiger partial charge is 0.313 e. The number of carboxylic acid groups (broad SMARTS) is 1. The van der Waals surface area contributed by atoms with Crippen molar-refractivity contribution in [2.45, 2.75) is 44.1 Å². The fourth-order valence-corrected chi connectivity index (χ4v) is 3.71. The van der Waals surface area contributed by atoms with E-state index in [2.05, 4.69) is 5.32 Å². The Bertz CT molecular complexity index is 924. The minimum absolute atomic E-state index is 0.176. The van der Waals surface area contributed by atoms with E-state index in [4.69, 9.17) is 9.47 Å². The molecule has 1 saturated heterocycles. The highest BCUT2D eigenvalue weighted by Gasteiger charge is 2.44. The van der Waals surface area contributed by atoms with Crippen LogP contribution in [0.4, 0.5) is 0 Å². The average Bonchev–Trinajstić information content (AvgIpc) is 2.78. The van der Waals surface area contributed by atoms with Gasteiger partial charge in [0.1, 0.15) is 30.2 Å². The van der Waals surface area contributed by atoms with Crippen molar-refractivity contribution in [3.63, 3.8) is 0 Å². The van der Waals surface area contributed by atoms with Crippen LogP contribution in [0, 0.1) is 5.41 Å². The number of rotatable bonds is 6. The SMILES string of the molecule is CNC(=O)C1=CC(C)(C(=O)O)CC(c2ccc(O[C@H]3O[C@H](CO)[C@@H](O)[C@H](O)[C@@H]3O)cc2)=C1. The molecule has 1 aromatic carbocycles. The van der Waals surface area contributed by atoms with Crippen molar-refractivity contribution in [3.8, 4) is 5.75 Å². The lowest BCUT2D eigenvalue weighted by Crippen LogP contribution is -2.60. The van der Waals surface area contributed by atoms with Crippen LogP contribution in [0.3, 0.4) is 0 Å². The number of likely N-dealkylation sites (N-methyl/N-ethyl adjacent to an activating group) is 1. The summed E-state index contributed by atoms with van der Waals surface area (Å²) in [6.07, 6.45) is -3.73. The van der Waals surface area contributed by atoms with Crippen LogP contribution in [0.1, 0.15) is 18.9 Å². The van der Waals surface area contributed by atoms with Gasteiger partial charge in [0, 0.05) is 12.6 Å². The number of hydrogen-bond acceptors (Lipinski definition) is 8. The van der Waals surface area contributed by atoms with Crippen molar-refractivity contribution in [2.24, 2.45) is 5.41 Å². The lowest BCUT2D eigenvalue weighted by Gasteiger charge is -2.39. The molecule has 3 rings (SSSR count). The van der Waals surface area contributed by atoms with Crippen molar-refractivity contribution in [1.29, 1.82) is 0 Å². The molecule has 1 aliphatic heterocycles. The quantitative estimate of drug-likeness (QED) is 0.333. The van der Waals surface area contributed by atoms with Crippen LogP contribution in [0.15, 0.2) is 42.0 Å². The first-order chi connectivity index (χ1) is 15.1. The molecule has 0 saturated carbocycles. The molecule has 6 N–H and O–H groups in total. The number of benzene rings is 1. The van der Waals surface area contributed by atoms with E-state index in [0.29, 0.717) is 11.1 Å². The highest BCUT2D eigenvalue weighted by Crippen LogP contribution is 2.39. The Kier molecular flexibility index (Phi) is 7.01. The van der Waals surface area contributed by atoms with Crippen molar-refractivity contribution in [1.82, 2.24) is 5.32 Å². The van der Waals surface area contributed by atoms with Crippen LogP contribution in [0.5, 0.6) is 5.75 Å². The molecule has 0 bridgehead atoms. The maximum atomic E-state index is 12.1. The van der Waals surface area contributed by atoms with Gasteiger partial charge in [0.2, 0.25) is 6.29 Å². The maximum Gasteiger partial charge on any atom is 0.313 e. The zero-order valence-corrected chi connectivity index (χ0v) is 17.6. The summed E-state index contributed by atoms with van der Waals surface area (Å²) >= 11 is 0. The Balaban J connectivity index is 1.80. The van der Waals surface area contributed by atoms with Gasteiger partial charge in [-0.1, -0.05) is 18.2 Å². The number of nitrogens with one attached hydrogen (secondary N) is 1. The van der Waals surface area contributed by atoms with Crippen molar-refractivity contribution < 1.29 is 44.6 Å². The van der Waals surface area contributed by atoms with Gasteiger partial charge in [-0.05, 0) is 42.7 Å². The highest BCUT2D eigenvalue weighted by molar-refractivity contribution is 6.00. The van der Waals surface area contributed by atoms with E-state index in [1.54, 1.807) is 37.3 Å². The molecule has 1 aromatic rings. The van der Waals surface area contributed by atoms with Gasteiger partial charge in [-0.15, -0.1) is 0 Å². The van der Waals surface area contributed by atoms with E-state index in [-0.39, 0.29) is 17.7 Å². The second kappa shape index (κ2) is 9.39. The molecule has 10 heteroatoms. The molecule has 1 heterocycles. The predicted octanol–water partition coefficient (Wildman–Crippen LogP) is -0.584. The van der Waals surface area contributed by atoms with Gasteiger partial charge in [0.25, 0.3) is 5.91 Å². The zero-order valence-electron chi connectivity index (χ0n) is 17.6. The fourth-order valence-electron chi connectivity index (χ4n) is 3.71. The average molecular weight is 449 g/mol. The molecule has 1 amide bonds. The summed E-state index contributed by atoms with van der Waals surface area (Å²) in [5.41, 5.74) is 0.320. The first-order valence-electron chi connectivity index (χ1n) is 10.1. The van der Waals surface area contributed by atoms with Crippen LogP contribution in [-0.2, 0) is 14.3 Å². The number of aliphatic hydroxyl groups excluding tert-OH is 4. The Morgan fingerprint density at radius 1 is 1.16 bits per heavy atom. The Morgan fingerprint density at radius 3 is 2.38 bits per heavy atom. The summed E-state index contributed by atoms with van der Waals surface area (Å²) in [6, 6.07) is 6.46. The Morgan fingerprint density at radius 2 is 1.81 bits per heavy atom. The van der Waals surface area contributed by atoms with Gasteiger partial charge in [0.15, 0.2) is 0 Å². The monoisotopic (exact) mass is 449 g/mol. The molecule has 10 nitrogen and oxygen atoms in total. The summed E-state index contributed by atoms with van der Waals surface area (Å²) in [7, 11) is 1.47. The van der Waals surface area contributed by atoms with Crippen LogP contribution in [-0.4, -0.2) is 81.8 Å². The van der Waals surface area contributed by atoms with E-state index >= 15 is 0 Å². The van der Waals surface area contributed by atoms with Crippen molar-refractivity contribution >= 4 is 17.4 Å². The fraction of sp³-hybridized carbons (Fsp3) is 0.455. The highest BCUT2D eigenvalue weighted by atomic mass is 16.7. The third-order valence-corrected chi connectivity index (χ3v) is 5.67. The number of hydrogen-bond donors (Lipinski definition) is 6. The number of carbonyl (C=O) groups is 2. The summed E-state index contributed by atoms with van der Waals surface area (Å²) in [6.45, 7) is 0.975. The maximum absolute atomic E-state index is 12.1. The van der Waals surface area contributed by atoms with Crippen molar-refractivity contribution in [2.75, 3.05) is 13.7 Å². The van der Waals surface area contributed by atoms with E-state index in [1.807, 2.05) is 0 Å². The summed E-state index contributed by atoms with van der Waals surface area (Å²) in [4.78, 5) is 23.9. The molecular formula is C22H27NO9. The van der Waals surface area contributed by atoms with E-state index < -0.39 is 54.6 Å². The molecule has 32 heavy (non-hydrogen) atoms. The molecule has 0 radical (unpaired) electrons. The molecule has 6 atom stereocenters. The Labute approximate surface area is 184 Å². The van der Waals surface area contributed by atoms with Gasteiger partial charge < -0.3 is 40.3 Å². The molecule has 1 fully saturated rings. The van der Waals surface area contributed by atoms with Gasteiger partial charge >= 0.3 is 5.97 Å². The van der Waals surface area contributed by atoms with Crippen LogP contribution < -0.4 is 10.1 Å². The predicted molar refractivity (Wildman–Crippen MR) is 111 cm³/mol. The lowest BCUT2D eigenvalue weighted by atomic mass is 9.76. The third kappa shape index (κ3) is 4.69. The van der Waals surface area contributed by atoms with Crippen molar-refractivity contribution in [3.05, 3.63) is 47.6 Å². The topological polar surface area (TPSA) is 166 Å². The van der Waals surface area contributed by atoms with Crippen LogP contribution >= 0.6 is 0 Å². The number of ether oxygens (including phenoxy) is 2. The molecule has 0 spiro atoms. The summed E-state index contributed by atoms with van der Waals surface area (Å²) in [5.74, 6) is -1.16. The normalized spacial score (nSPS) is 32.5. The molecule has 174 valence electrons. The number of carboxylic acids is 1. The molecule has 1 aliphatic carbocycles. The number of aliphatic hydroxyl groups is 4. The second-order valence-electron chi connectivity index (χ2n) is 8.09. The number of carbonyl (C=O) groups excluding carboxylic acids is 1. The number of allylic oxidation sites excluding steroid dienone is 1. The minimum atomic E-state index is -1.55. The van der Waals surface area contributed by atoms with Crippen LogP contribution in [0.2, 0.25) is 0 Å². The molecule has 1 unspecified atom stereocenters. The standard InChI is InChI=1S/C22H27NO9/c1-22(21(29)30)8-12(7-13(9-22)19(28)23-2)11-3-5-14(6-4-11)31-20-18(27)17(26)16(25)15(10-24)32-20/h3-7,9,15-18,20,24-27H,8,10H2,1-2H3,(H,23,28)(H,29,30)/t15-,16-,17+,18+,20+,22?/m1/s1. The minimum Gasteiger partial charge on any atom is -0.481 e. The van der Waals surface area contributed by atoms with Gasteiger partial charge in [-0.2, -0.15) is 0 Å². The van der Waals surface area contributed by atoms with E-state index in [9.17, 15) is 35.1 Å². The second-order valence-corrected chi connectivity index (χ2v) is 8.09. The first kappa shape index (κ1) is 23.9. The van der Waals surface area contributed by atoms with E-state index in [0.717, 1.165) is 0 Å². The first-order valence-corrected chi connectivity index (χ1v) is 10.1. The summed E-state index contributed by atoms with van der Waals surface area (Å²) < 4.78 is 10.9.